The molecule has 1 aromatic carbocycles. The zero-order valence-corrected chi connectivity index (χ0v) is 9.92. The summed E-state index contributed by atoms with van der Waals surface area (Å²) in [5.41, 5.74) is 0. The van der Waals surface area contributed by atoms with Gasteiger partial charge in [-0.25, -0.2) is 0 Å². The van der Waals surface area contributed by atoms with Crippen molar-refractivity contribution in [1.29, 1.82) is 0 Å². The maximum absolute atomic E-state index is 5.48. The molecular weight excluding hydrogens is 202 g/mol. The van der Waals surface area contributed by atoms with E-state index >= 15 is 0 Å². The van der Waals surface area contributed by atoms with Gasteiger partial charge in [0.1, 0.15) is 4.64 Å². The molecule has 15 heavy (non-hydrogen) atoms. The largest absolute Gasteiger partial charge is 0.338 e. The molecule has 0 aliphatic carbocycles. The quantitative estimate of drug-likeness (QED) is 0.688. The summed E-state index contributed by atoms with van der Waals surface area (Å²) in [5, 5.41) is 2.40. The number of hydrogen-bond acceptors (Lipinski definition) is 1. The van der Waals surface area contributed by atoms with Gasteiger partial charge in [-0.2, -0.15) is 0 Å². The molecule has 78 valence electrons. The lowest BCUT2D eigenvalue weighted by atomic mass is 10.1. The van der Waals surface area contributed by atoms with Crippen molar-refractivity contribution in [3.8, 4) is 0 Å². The highest BCUT2D eigenvalue weighted by molar-refractivity contribution is 7.71. The molecule has 0 unspecified atom stereocenters. The Morgan fingerprint density at radius 1 is 1.20 bits per heavy atom. The maximum atomic E-state index is 5.48. The molecule has 1 nitrogen and oxygen atoms in total. The van der Waals surface area contributed by atoms with Crippen molar-refractivity contribution in [2.45, 2.75) is 20.4 Å². The van der Waals surface area contributed by atoms with Gasteiger partial charge in [0.15, 0.2) is 0 Å². The highest BCUT2D eigenvalue weighted by Gasteiger charge is 2.00. The molecule has 0 saturated heterocycles. The fraction of sp³-hybridized carbons (Fsp3) is 0.308. The lowest BCUT2D eigenvalue weighted by Crippen LogP contribution is -2.05. The molecule has 0 aliphatic rings. The van der Waals surface area contributed by atoms with Crippen LogP contribution in [0.3, 0.4) is 0 Å². The summed E-state index contributed by atoms with van der Waals surface area (Å²) in [6.45, 7) is 5.40. The van der Waals surface area contributed by atoms with Crippen LogP contribution in [0.1, 0.15) is 13.8 Å². The van der Waals surface area contributed by atoms with Crippen molar-refractivity contribution in [1.82, 2.24) is 4.57 Å². The molecule has 1 heterocycles. The second-order valence-electron chi connectivity index (χ2n) is 4.25. The van der Waals surface area contributed by atoms with Gasteiger partial charge in [0.05, 0.1) is 0 Å². The number of hydrogen-bond donors (Lipinski definition) is 0. The maximum Gasteiger partial charge on any atom is 0.113 e. The first-order chi connectivity index (χ1) is 7.18. The van der Waals surface area contributed by atoms with Gasteiger partial charge in [0.2, 0.25) is 0 Å². The van der Waals surface area contributed by atoms with E-state index in [1.165, 1.54) is 10.8 Å². The van der Waals surface area contributed by atoms with Gasteiger partial charge in [-0.1, -0.05) is 50.3 Å². The monoisotopic (exact) mass is 217 g/mol. The Labute approximate surface area is 95.4 Å². The van der Waals surface area contributed by atoms with Crippen LogP contribution in [0.25, 0.3) is 10.8 Å². The lowest BCUT2D eigenvalue weighted by molar-refractivity contribution is 0.519. The van der Waals surface area contributed by atoms with E-state index in [2.05, 4.69) is 42.8 Å². The molecule has 1 aromatic heterocycles. The third-order valence-corrected chi connectivity index (χ3v) is 2.90. The van der Waals surface area contributed by atoms with E-state index < -0.39 is 0 Å². The molecule has 2 heteroatoms. The Bertz CT molecular complexity index is 525. The van der Waals surface area contributed by atoms with Crippen LogP contribution in [-0.4, -0.2) is 4.57 Å². The molecule has 2 rings (SSSR count). The predicted octanol–water partition coefficient (Wildman–Crippen LogP) is 4.03. The van der Waals surface area contributed by atoms with E-state index in [1.54, 1.807) is 0 Å². The van der Waals surface area contributed by atoms with Crippen LogP contribution in [0, 0.1) is 10.6 Å². The molecule has 0 atom stereocenters. The van der Waals surface area contributed by atoms with Crippen LogP contribution in [0.4, 0.5) is 0 Å². The SMILES string of the molecule is CC(C)Cn1ccc2ccccc2c1=S. The van der Waals surface area contributed by atoms with E-state index in [4.69, 9.17) is 12.2 Å². The van der Waals surface area contributed by atoms with E-state index in [0.717, 1.165) is 11.2 Å². The summed E-state index contributed by atoms with van der Waals surface area (Å²) >= 11 is 5.48. The topological polar surface area (TPSA) is 4.93 Å². The average molecular weight is 217 g/mol. The van der Waals surface area contributed by atoms with E-state index in [-0.39, 0.29) is 0 Å². The van der Waals surface area contributed by atoms with Gasteiger partial charge in [-0.05, 0) is 17.4 Å². The molecule has 0 N–H and O–H groups in total. The summed E-state index contributed by atoms with van der Waals surface area (Å²) in [5.74, 6) is 0.623. The average Bonchev–Trinajstić information content (AvgIpc) is 2.22. The Morgan fingerprint density at radius 3 is 2.67 bits per heavy atom. The Kier molecular flexibility index (Phi) is 2.87. The third-order valence-electron chi connectivity index (χ3n) is 2.45. The Morgan fingerprint density at radius 2 is 1.93 bits per heavy atom. The summed E-state index contributed by atoms with van der Waals surface area (Å²) in [7, 11) is 0. The number of benzene rings is 1. The molecular formula is C13H15NS. The summed E-state index contributed by atoms with van der Waals surface area (Å²) in [4.78, 5) is 0. The van der Waals surface area contributed by atoms with Crippen molar-refractivity contribution >= 4 is 23.0 Å². The molecule has 2 aromatic rings. The van der Waals surface area contributed by atoms with Gasteiger partial charge >= 0.3 is 0 Å². The first-order valence-electron chi connectivity index (χ1n) is 5.26. The third kappa shape index (κ3) is 2.10. The number of nitrogens with zero attached hydrogens (tertiary/aromatic N) is 1. The smallest absolute Gasteiger partial charge is 0.113 e. The minimum atomic E-state index is 0.623. The first-order valence-corrected chi connectivity index (χ1v) is 5.67. The number of pyridine rings is 1. The van der Waals surface area contributed by atoms with E-state index in [9.17, 15) is 0 Å². The van der Waals surface area contributed by atoms with Crippen LogP contribution >= 0.6 is 12.2 Å². The number of fused-ring (bicyclic) bond motifs is 1. The minimum Gasteiger partial charge on any atom is -0.338 e. The Balaban J connectivity index is 2.60. The van der Waals surface area contributed by atoms with Crippen LogP contribution in [0.15, 0.2) is 36.5 Å². The van der Waals surface area contributed by atoms with Crippen molar-refractivity contribution in [2.75, 3.05) is 0 Å². The molecule has 0 fully saturated rings. The van der Waals surface area contributed by atoms with Gasteiger partial charge in [-0.15, -0.1) is 0 Å². The van der Waals surface area contributed by atoms with Gasteiger partial charge in [0.25, 0.3) is 0 Å². The fourth-order valence-corrected chi connectivity index (χ4v) is 2.09. The zero-order chi connectivity index (χ0) is 10.8. The first kappa shape index (κ1) is 10.4. The molecule has 0 spiro atoms. The van der Waals surface area contributed by atoms with Gasteiger partial charge in [-0.3, -0.25) is 0 Å². The van der Waals surface area contributed by atoms with Crippen molar-refractivity contribution in [2.24, 2.45) is 5.92 Å². The standard InChI is InChI=1S/C13H15NS/c1-10(2)9-14-8-7-11-5-3-4-6-12(11)13(14)15/h3-8,10H,9H2,1-2H3. The predicted molar refractivity (Wildman–Crippen MR) is 67.6 cm³/mol. The van der Waals surface area contributed by atoms with Gasteiger partial charge in [0, 0.05) is 18.1 Å². The second kappa shape index (κ2) is 4.15. The summed E-state index contributed by atoms with van der Waals surface area (Å²) in [6.07, 6.45) is 2.09. The fourth-order valence-electron chi connectivity index (χ4n) is 1.77. The van der Waals surface area contributed by atoms with Gasteiger partial charge < -0.3 is 4.57 Å². The minimum absolute atomic E-state index is 0.623. The zero-order valence-electron chi connectivity index (χ0n) is 9.10. The van der Waals surface area contributed by atoms with Crippen molar-refractivity contribution in [3.63, 3.8) is 0 Å². The second-order valence-corrected chi connectivity index (χ2v) is 4.64. The highest BCUT2D eigenvalue weighted by Crippen LogP contribution is 2.15. The van der Waals surface area contributed by atoms with Crippen molar-refractivity contribution < 1.29 is 0 Å². The van der Waals surface area contributed by atoms with Crippen LogP contribution in [0.2, 0.25) is 0 Å². The van der Waals surface area contributed by atoms with E-state index in [1.807, 2.05) is 12.1 Å². The van der Waals surface area contributed by atoms with Crippen molar-refractivity contribution in [3.05, 3.63) is 41.2 Å². The van der Waals surface area contributed by atoms with Crippen LogP contribution in [0.5, 0.6) is 0 Å². The molecule has 0 bridgehead atoms. The Hall–Kier alpha value is -1.15. The highest BCUT2D eigenvalue weighted by atomic mass is 32.1. The summed E-state index contributed by atoms with van der Waals surface area (Å²) in [6, 6.07) is 10.4. The normalized spacial score (nSPS) is 11.1. The molecule has 0 radical (unpaired) electrons. The van der Waals surface area contributed by atoms with Crippen LogP contribution < -0.4 is 0 Å². The molecule has 0 amide bonds. The number of aromatic nitrogens is 1. The molecule has 0 saturated carbocycles. The van der Waals surface area contributed by atoms with Crippen LogP contribution in [-0.2, 0) is 6.54 Å². The lowest BCUT2D eigenvalue weighted by Gasteiger charge is -2.11. The number of rotatable bonds is 2. The van der Waals surface area contributed by atoms with E-state index in [0.29, 0.717) is 5.92 Å². The summed E-state index contributed by atoms with van der Waals surface area (Å²) < 4.78 is 3.10. The molecule has 0 aliphatic heterocycles.